The first kappa shape index (κ1) is 52.3. The summed E-state index contributed by atoms with van der Waals surface area (Å²) < 4.78 is 31.5. The van der Waals surface area contributed by atoms with E-state index in [0.29, 0.717) is 0 Å². The summed E-state index contributed by atoms with van der Waals surface area (Å²) in [5.41, 5.74) is 9.78. The fourth-order valence-corrected chi connectivity index (χ4v) is 6.28. The Labute approximate surface area is 358 Å². The molecule has 0 bridgehead atoms. The van der Waals surface area contributed by atoms with Gasteiger partial charge in [-0.15, -0.1) is 0 Å². The van der Waals surface area contributed by atoms with E-state index in [2.05, 4.69) is 39.0 Å². The molecule has 0 N–H and O–H groups in total. The van der Waals surface area contributed by atoms with E-state index in [0.717, 1.165) is 35.6 Å². The van der Waals surface area contributed by atoms with E-state index >= 15 is 0 Å². The van der Waals surface area contributed by atoms with Crippen molar-refractivity contribution in [2.45, 2.75) is 43.1 Å². The quantitative estimate of drug-likeness (QED) is 0.231. The first-order chi connectivity index (χ1) is 28.8. The molecule has 6 aliphatic heterocycles. The molecule has 0 amide bonds. The highest BCUT2D eigenvalue weighted by Crippen LogP contribution is 2.51. The highest BCUT2D eigenvalue weighted by Gasteiger charge is 2.45. The Morgan fingerprint density at radius 2 is 0.460 bits per heavy atom. The lowest BCUT2D eigenvalue weighted by atomic mass is 9.98. The normalized spacial score (nSPS) is 13.0. The van der Waals surface area contributed by atoms with Gasteiger partial charge < -0.3 is 28.4 Å². The van der Waals surface area contributed by atoms with Crippen LogP contribution in [0.3, 0.4) is 0 Å². The van der Waals surface area contributed by atoms with Crippen LogP contribution < -0.4 is 28.4 Å². The van der Waals surface area contributed by atoms with E-state index in [1.54, 1.807) is 0 Å². The third-order valence-corrected chi connectivity index (χ3v) is 8.16. The Balaban J connectivity index is 0.000000412. The van der Waals surface area contributed by atoms with E-state index in [9.17, 15) is 28.8 Å². The van der Waals surface area contributed by atoms with Gasteiger partial charge in [0, 0.05) is 0 Å². The number of fused-ring (bicyclic) bond motifs is 12. The number of ketones is 6. The standard InChI is InChI=1S/2C12H6O6.C9H12.3C3O2.3CH4/c2*13-4-1-16-10-7(4)11-9(6(15)3-17-11)12-8(10)5(14)2-18-12;1-7-4-8(2)6-9(3)5-7;3*4-2-1-3-5;;;/h2*1-3H2;4-6H,1-3H3;;;;3*1H4. The number of hydrogen-bond donors (Lipinski definition) is 0. The van der Waals surface area contributed by atoms with Crippen LogP contribution in [-0.2, 0) is 28.8 Å². The molecule has 0 spiro atoms. The summed E-state index contributed by atoms with van der Waals surface area (Å²) in [6, 6.07) is 6.56. The molecule has 3 aromatic rings. The van der Waals surface area contributed by atoms with Gasteiger partial charge in [-0.05, 0) is 20.8 Å². The molecule has 6 heterocycles. The Hall–Kier alpha value is -8.70. The molecule has 0 saturated heterocycles. The molecule has 6 aliphatic rings. The smallest absolute Gasteiger partial charge is 0.207 e. The summed E-state index contributed by atoms with van der Waals surface area (Å²) in [7, 11) is 0. The van der Waals surface area contributed by atoms with Crippen molar-refractivity contribution in [2.75, 3.05) is 39.6 Å². The fourth-order valence-electron chi connectivity index (χ4n) is 6.28. The second-order valence-electron chi connectivity index (χ2n) is 12.1. The van der Waals surface area contributed by atoms with Crippen LogP contribution in [0.2, 0.25) is 0 Å². The summed E-state index contributed by atoms with van der Waals surface area (Å²) in [6.07, 6.45) is 0. The van der Waals surface area contributed by atoms with Crippen molar-refractivity contribution in [3.63, 3.8) is 0 Å². The van der Waals surface area contributed by atoms with E-state index in [-0.39, 0.29) is 164 Å². The number of benzene rings is 3. The van der Waals surface area contributed by atoms with Gasteiger partial charge in [0.2, 0.25) is 34.7 Å². The highest BCUT2D eigenvalue weighted by atomic mass is 16.5. The molecule has 0 saturated carbocycles. The molecular formula is C45H36O18. The third kappa shape index (κ3) is 11.3. The summed E-state index contributed by atoms with van der Waals surface area (Å²) in [6.45, 7) is 5.56. The van der Waals surface area contributed by atoms with Gasteiger partial charge in [-0.3, -0.25) is 28.8 Å². The molecule has 18 heteroatoms. The van der Waals surface area contributed by atoms with Crippen molar-refractivity contribution < 1.29 is 86.0 Å². The van der Waals surface area contributed by atoms with Crippen molar-refractivity contribution in [3.8, 4) is 34.5 Å². The Morgan fingerprint density at radius 3 is 0.571 bits per heavy atom. The lowest BCUT2D eigenvalue weighted by Crippen LogP contribution is -2.01. The molecule has 3 aromatic carbocycles. The van der Waals surface area contributed by atoms with E-state index in [1.165, 1.54) is 33.9 Å². The van der Waals surface area contributed by atoms with Crippen LogP contribution in [0.5, 0.6) is 34.5 Å². The summed E-state index contributed by atoms with van der Waals surface area (Å²) in [5.74, 6) is 6.09. The zero-order chi connectivity index (χ0) is 44.1. The first-order valence-corrected chi connectivity index (χ1v) is 16.8. The largest absolute Gasteiger partial charge is 0.484 e. The molecule has 0 aromatic heterocycles. The van der Waals surface area contributed by atoms with E-state index in [4.69, 9.17) is 57.2 Å². The van der Waals surface area contributed by atoms with Crippen LogP contribution in [-0.4, -0.2) is 110 Å². The fraction of sp³-hybridized carbons (Fsp3) is 0.267. The summed E-state index contributed by atoms with van der Waals surface area (Å²) in [5, 5.41) is 0. The molecule has 0 fully saturated rings. The molecule has 0 aliphatic carbocycles. The van der Waals surface area contributed by atoms with Gasteiger partial charge in [0.15, 0.2) is 75.3 Å². The number of Topliss-reactive ketones (excluding diaryl/α,β-unsaturated/α-hetero) is 6. The van der Waals surface area contributed by atoms with Crippen molar-refractivity contribution in [3.05, 3.63) is 85.5 Å². The zero-order valence-corrected chi connectivity index (χ0v) is 31.3. The third-order valence-electron chi connectivity index (χ3n) is 8.16. The van der Waals surface area contributed by atoms with Crippen LogP contribution in [0.25, 0.3) is 0 Å². The average Bonchev–Trinajstić information content (AvgIpc) is 4.07. The number of carbonyl (C=O) groups is 6. The van der Waals surface area contributed by atoms with Crippen molar-refractivity contribution in [1.82, 2.24) is 0 Å². The lowest BCUT2D eigenvalue weighted by molar-refractivity contribution is 0.0942. The first-order valence-electron chi connectivity index (χ1n) is 16.8. The van der Waals surface area contributed by atoms with Gasteiger partial charge >= 0.3 is 0 Å². The SMILES string of the molecule is C.C.C.Cc1cc(C)cc(C)c1.O=C1COc2c1c1c(c3c2C(=O)CO3)C(=O)CO1.O=C1COc2c1c1c(c3c2C(=O)CO3)C(=O)CO1.O=C=C=C=O.O=C=C=C=O.O=C=C=C=O. The number of aryl methyl sites for hydroxylation is 3. The number of carbonyl (C=O) groups excluding carboxylic acids is 12. The average molecular weight is 865 g/mol. The van der Waals surface area contributed by atoms with Gasteiger partial charge in [-0.25, -0.2) is 28.8 Å². The minimum absolute atomic E-state index is 0. The maximum Gasteiger partial charge on any atom is 0.207 e. The van der Waals surface area contributed by atoms with Gasteiger partial charge in [0.1, 0.15) is 67.9 Å². The second kappa shape index (κ2) is 23.8. The van der Waals surface area contributed by atoms with Crippen LogP contribution in [0.1, 0.15) is 101 Å². The predicted molar refractivity (Wildman–Crippen MR) is 217 cm³/mol. The van der Waals surface area contributed by atoms with Gasteiger partial charge in [-0.1, -0.05) is 57.2 Å². The van der Waals surface area contributed by atoms with Crippen LogP contribution >= 0.6 is 0 Å². The maximum absolute atomic E-state index is 11.8. The Morgan fingerprint density at radius 1 is 0.317 bits per heavy atom. The van der Waals surface area contributed by atoms with Crippen LogP contribution in [0.4, 0.5) is 0 Å². The second-order valence-corrected chi connectivity index (χ2v) is 12.1. The lowest BCUT2D eigenvalue weighted by Gasteiger charge is -2.08. The van der Waals surface area contributed by atoms with Gasteiger partial charge in [0.05, 0.1) is 17.2 Å². The molecule has 0 unspecified atom stereocenters. The zero-order valence-electron chi connectivity index (χ0n) is 31.3. The minimum atomic E-state index is -0.279. The number of rotatable bonds is 0. The van der Waals surface area contributed by atoms with E-state index in [1.807, 2.05) is 0 Å². The summed E-state index contributed by atoms with van der Waals surface area (Å²) >= 11 is 0. The number of hydrogen-bond acceptors (Lipinski definition) is 18. The van der Waals surface area contributed by atoms with Crippen molar-refractivity contribution >= 4 is 70.3 Å². The topological polar surface area (TPSA) is 260 Å². The van der Waals surface area contributed by atoms with Crippen molar-refractivity contribution in [2.24, 2.45) is 0 Å². The van der Waals surface area contributed by atoms with Crippen LogP contribution in [0.15, 0.2) is 35.4 Å². The molecule has 63 heavy (non-hydrogen) atoms. The molecule has 324 valence electrons. The molecule has 9 rings (SSSR count). The Bertz CT molecular complexity index is 2240. The summed E-state index contributed by atoms with van der Waals surface area (Å²) in [4.78, 5) is 124. The maximum atomic E-state index is 11.8. The Kier molecular flexibility index (Phi) is 19.7. The predicted octanol–water partition coefficient (Wildman–Crippen LogP) is 3.43. The molecule has 18 nitrogen and oxygen atoms in total. The monoisotopic (exact) mass is 864 g/mol. The highest BCUT2D eigenvalue weighted by molar-refractivity contribution is 6.20. The van der Waals surface area contributed by atoms with Crippen molar-refractivity contribution in [1.29, 1.82) is 0 Å². The molecular weight excluding hydrogens is 828 g/mol. The number of ether oxygens (including phenoxy) is 6. The minimum Gasteiger partial charge on any atom is -0.484 e. The molecule has 0 atom stereocenters. The van der Waals surface area contributed by atoms with Gasteiger partial charge in [-0.2, -0.15) is 0 Å². The molecule has 0 radical (unpaired) electrons. The van der Waals surface area contributed by atoms with E-state index < -0.39 is 0 Å². The van der Waals surface area contributed by atoms with Crippen LogP contribution in [0, 0.1) is 20.8 Å². The van der Waals surface area contributed by atoms with Gasteiger partial charge in [0.25, 0.3) is 0 Å².